The van der Waals surface area contributed by atoms with Crippen molar-refractivity contribution in [3.05, 3.63) is 72.9 Å². The van der Waals surface area contributed by atoms with Crippen LogP contribution in [0.15, 0.2) is 72.9 Å². The van der Waals surface area contributed by atoms with Crippen LogP contribution in [0.25, 0.3) is 0 Å². The van der Waals surface area contributed by atoms with E-state index in [0.29, 0.717) is 0 Å². The Bertz CT molecular complexity index is 384. The summed E-state index contributed by atoms with van der Waals surface area (Å²) in [5, 5.41) is 0. The summed E-state index contributed by atoms with van der Waals surface area (Å²) in [6.07, 6.45) is 17.3. The van der Waals surface area contributed by atoms with Gasteiger partial charge in [-0.3, -0.25) is 0 Å². The van der Waals surface area contributed by atoms with Crippen molar-refractivity contribution in [1.82, 2.24) is 0 Å². The molecule has 0 atom stereocenters. The van der Waals surface area contributed by atoms with Crippen LogP contribution in [0, 0.1) is 5.41 Å². The van der Waals surface area contributed by atoms with E-state index in [-0.39, 0.29) is 5.41 Å². The zero-order chi connectivity index (χ0) is 14.0. The molecule has 0 aromatic heterocycles. The van der Waals surface area contributed by atoms with Crippen molar-refractivity contribution in [2.75, 3.05) is 0 Å². The highest BCUT2D eigenvalue weighted by atomic mass is 14.3. The second kappa shape index (κ2) is 8.52. The van der Waals surface area contributed by atoms with E-state index >= 15 is 0 Å². The van der Waals surface area contributed by atoms with Crippen LogP contribution in [-0.2, 0) is 0 Å². The summed E-state index contributed by atoms with van der Waals surface area (Å²) in [6, 6.07) is 0. The highest BCUT2D eigenvalue weighted by Crippen LogP contribution is 2.37. The fourth-order valence-electron chi connectivity index (χ4n) is 1.87. The number of rotatable bonds is 7. The first-order valence-electron chi connectivity index (χ1n) is 6.43. The SMILES string of the molecule is C=C/C=C(\CC=C)C(C)(C)C(/C=C\C)=C/C=C\C. The predicted octanol–water partition coefficient (Wildman–Crippen LogP) is 5.78. The average Bonchev–Trinajstić information content (AvgIpc) is 2.34. The molecule has 0 aromatic rings. The monoisotopic (exact) mass is 242 g/mol. The van der Waals surface area contributed by atoms with E-state index in [1.807, 2.05) is 32.1 Å². The van der Waals surface area contributed by atoms with Crippen LogP contribution in [0.5, 0.6) is 0 Å². The van der Waals surface area contributed by atoms with Crippen LogP contribution in [0.4, 0.5) is 0 Å². The maximum atomic E-state index is 3.84. The van der Waals surface area contributed by atoms with E-state index < -0.39 is 0 Å². The van der Waals surface area contributed by atoms with Gasteiger partial charge in [0.25, 0.3) is 0 Å². The third-order valence-corrected chi connectivity index (χ3v) is 3.02. The highest BCUT2D eigenvalue weighted by molar-refractivity contribution is 5.38. The molecule has 18 heavy (non-hydrogen) atoms. The van der Waals surface area contributed by atoms with Gasteiger partial charge in [-0.2, -0.15) is 0 Å². The Morgan fingerprint density at radius 3 is 2.17 bits per heavy atom. The fraction of sp³-hybridized carbons (Fsp3) is 0.333. The first-order valence-corrected chi connectivity index (χ1v) is 6.43. The van der Waals surface area contributed by atoms with Gasteiger partial charge in [0.05, 0.1) is 0 Å². The van der Waals surface area contributed by atoms with Gasteiger partial charge in [-0.15, -0.1) is 6.58 Å². The van der Waals surface area contributed by atoms with Crippen molar-refractivity contribution in [1.29, 1.82) is 0 Å². The van der Waals surface area contributed by atoms with Gasteiger partial charge in [0.1, 0.15) is 0 Å². The van der Waals surface area contributed by atoms with Gasteiger partial charge in [0, 0.05) is 5.41 Å². The minimum absolute atomic E-state index is 0.0194. The van der Waals surface area contributed by atoms with Crippen LogP contribution in [0.2, 0.25) is 0 Å². The van der Waals surface area contributed by atoms with Gasteiger partial charge in [-0.05, 0) is 25.8 Å². The van der Waals surface area contributed by atoms with Crippen molar-refractivity contribution < 1.29 is 0 Å². The average molecular weight is 242 g/mol. The molecule has 0 fully saturated rings. The summed E-state index contributed by atoms with van der Waals surface area (Å²) in [6.45, 7) is 16.2. The van der Waals surface area contributed by atoms with Crippen LogP contribution in [0.3, 0.4) is 0 Å². The molecule has 0 saturated heterocycles. The Morgan fingerprint density at radius 2 is 1.72 bits per heavy atom. The van der Waals surface area contributed by atoms with Crippen molar-refractivity contribution in [3.63, 3.8) is 0 Å². The maximum absolute atomic E-state index is 3.84. The lowest BCUT2D eigenvalue weighted by Gasteiger charge is -2.29. The quantitative estimate of drug-likeness (QED) is 0.392. The van der Waals surface area contributed by atoms with Crippen LogP contribution in [0.1, 0.15) is 34.1 Å². The Balaban J connectivity index is 5.57. The molecule has 0 aliphatic heterocycles. The second-order valence-electron chi connectivity index (χ2n) is 4.69. The summed E-state index contributed by atoms with van der Waals surface area (Å²) in [7, 11) is 0. The minimum atomic E-state index is -0.0194. The fourth-order valence-corrected chi connectivity index (χ4v) is 1.87. The van der Waals surface area contributed by atoms with Crippen LogP contribution >= 0.6 is 0 Å². The minimum Gasteiger partial charge on any atom is -0.103 e. The van der Waals surface area contributed by atoms with Crippen LogP contribution in [-0.4, -0.2) is 0 Å². The zero-order valence-corrected chi connectivity index (χ0v) is 12.2. The lowest BCUT2D eigenvalue weighted by Crippen LogP contribution is -2.17. The van der Waals surface area contributed by atoms with Crippen molar-refractivity contribution >= 4 is 0 Å². The van der Waals surface area contributed by atoms with Gasteiger partial charge in [-0.1, -0.05) is 74.6 Å². The highest BCUT2D eigenvalue weighted by Gasteiger charge is 2.24. The molecule has 0 aliphatic rings. The van der Waals surface area contributed by atoms with Crippen molar-refractivity contribution in [3.8, 4) is 0 Å². The third-order valence-electron chi connectivity index (χ3n) is 3.02. The number of hydrogen-bond acceptors (Lipinski definition) is 0. The largest absolute Gasteiger partial charge is 0.103 e. The molecule has 0 heterocycles. The van der Waals surface area contributed by atoms with E-state index in [2.05, 4.69) is 57.4 Å². The molecule has 0 aliphatic carbocycles. The molecule has 0 unspecified atom stereocenters. The Hall–Kier alpha value is -1.56. The molecule has 0 N–H and O–H groups in total. The molecule has 0 aromatic carbocycles. The van der Waals surface area contributed by atoms with Gasteiger partial charge < -0.3 is 0 Å². The summed E-state index contributed by atoms with van der Waals surface area (Å²) >= 11 is 0. The van der Waals surface area contributed by atoms with Gasteiger partial charge in [0.2, 0.25) is 0 Å². The van der Waals surface area contributed by atoms with E-state index in [4.69, 9.17) is 0 Å². The smallest absolute Gasteiger partial charge is 0.0111 e. The first kappa shape index (κ1) is 16.4. The first-order chi connectivity index (χ1) is 8.54. The molecule has 0 radical (unpaired) electrons. The van der Waals surface area contributed by atoms with E-state index in [1.54, 1.807) is 0 Å². The molecule has 98 valence electrons. The molecule has 0 spiro atoms. The Kier molecular flexibility index (Phi) is 7.78. The molecule has 0 heteroatoms. The lowest BCUT2D eigenvalue weighted by molar-refractivity contribution is 0.540. The third kappa shape index (κ3) is 4.75. The summed E-state index contributed by atoms with van der Waals surface area (Å²) in [5.74, 6) is 0. The summed E-state index contributed by atoms with van der Waals surface area (Å²) in [5.41, 5.74) is 2.59. The maximum Gasteiger partial charge on any atom is 0.0111 e. The normalized spacial score (nSPS) is 14.4. The number of allylic oxidation sites excluding steroid dienone is 10. The van der Waals surface area contributed by atoms with Gasteiger partial charge in [0.15, 0.2) is 0 Å². The topological polar surface area (TPSA) is 0 Å². The second-order valence-corrected chi connectivity index (χ2v) is 4.69. The van der Waals surface area contributed by atoms with E-state index in [0.717, 1.165) is 6.42 Å². The summed E-state index contributed by atoms with van der Waals surface area (Å²) in [4.78, 5) is 0. The van der Waals surface area contributed by atoms with E-state index in [9.17, 15) is 0 Å². The van der Waals surface area contributed by atoms with Crippen LogP contribution < -0.4 is 0 Å². The Morgan fingerprint density at radius 1 is 1.06 bits per heavy atom. The zero-order valence-electron chi connectivity index (χ0n) is 12.2. The Labute approximate surface area is 113 Å². The lowest BCUT2D eigenvalue weighted by atomic mass is 9.75. The molecular weight excluding hydrogens is 216 g/mol. The molecular formula is C18H26. The molecule has 0 amide bonds. The van der Waals surface area contributed by atoms with Gasteiger partial charge in [-0.25, -0.2) is 0 Å². The molecule has 0 nitrogen and oxygen atoms in total. The summed E-state index contributed by atoms with van der Waals surface area (Å²) < 4.78 is 0. The standard InChI is InChI=1S/C18H26/c1-7-11-15-17(14-10-4)18(5,6)16(12-8-2)13-9-3/h7-12,14-15H,2-3,13H2,1,4-6H3/b11-7-,14-10-,16-12+,17-15+. The molecule has 0 saturated carbocycles. The molecule has 0 rings (SSSR count). The van der Waals surface area contributed by atoms with Gasteiger partial charge >= 0.3 is 0 Å². The van der Waals surface area contributed by atoms with Crippen molar-refractivity contribution in [2.45, 2.75) is 34.1 Å². The van der Waals surface area contributed by atoms with E-state index in [1.165, 1.54) is 11.1 Å². The predicted molar refractivity (Wildman–Crippen MR) is 84.6 cm³/mol. The number of hydrogen-bond donors (Lipinski definition) is 0. The molecule has 0 bridgehead atoms. The van der Waals surface area contributed by atoms with Crippen molar-refractivity contribution in [2.24, 2.45) is 5.41 Å².